The van der Waals surface area contributed by atoms with Gasteiger partial charge in [-0.3, -0.25) is 0 Å². The van der Waals surface area contributed by atoms with Crippen LogP contribution in [-0.2, 0) is 32.1 Å². The first-order chi connectivity index (χ1) is 56.8. The van der Waals surface area contributed by atoms with Gasteiger partial charge in [-0.2, -0.15) is 0 Å². The highest BCUT2D eigenvalue weighted by Gasteiger charge is 2.21. The summed E-state index contributed by atoms with van der Waals surface area (Å²) in [5.74, 6) is 0. The third-order valence-electron chi connectivity index (χ3n) is 22.4. The summed E-state index contributed by atoms with van der Waals surface area (Å²) >= 11 is 0. The Morgan fingerprint density at radius 1 is 0.130 bits per heavy atom. The van der Waals surface area contributed by atoms with Crippen molar-refractivity contribution < 1.29 is 0 Å². The lowest BCUT2D eigenvalue weighted by atomic mass is 10.0. The first-order valence-corrected chi connectivity index (χ1v) is 42.2. The number of hydrogen-bond donors (Lipinski definition) is 0. The Hall–Kier alpha value is -12.7. The minimum atomic E-state index is 1.07. The zero-order chi connectivity index (χ0) is 78.5. The molecule has 115 heavy (non-hydrogen) atoms. The van der Waals surface area contributed by atoms with Gasteiger partial charge in [0.1, 0.15) is 0 Å². The molecule has 0 heterocycles. The van der Waals surface area contributed by atoms with E-state index in [0.717, 1.165) is 140 Å². The third-order valence-corrected chi connectivity index (χ3v) is 22.4. The second-order valence-electron chi connectivity index (χ2n) is 30.6. The molecule has 15 rings (SSSR count). The van der Waals surface area contributed by atoms with Crippen LogP contribution in [0.4, 0.5) is 85.3 Å². The Labute approximate surface area is 684 Å². The lowest BCUT2D eigenvalue weighted by molar-refractivity contribution is 0.795. The predicted octanol–water partition coefficient (Wildman–Crippen LogP) is 32.4. The number of benzene rings is 15. The average Bonchev–Trinajstić information content (AvgIpc) is 0.778. The molecule has 0 atom stereocenters. The third kappa shape index (κ3) is 19.0. The lowest BCUT2D eigenvalue weighted by Gasteiger charge is -2.27. The summed E-state index contributed by atoms with van der Waals surface area (Å²) < 4.78 is 0. The number of hydrogen-bond acceptors (Lipinski definition) is 5. The van der Waals surface area contributed by atoms with Crippen molar-refractivity contribution in [1.29, 1.82) is 0 Å². The molecule has 0 unspecified atom stereocenters. The first-order valence-electron chi connectivity index (χ1n) is 42.2. The fourth-order valence-electron chi connectivity index (χ4n) is 15.8. The van der Waals surface area contributed by atoms with Crippen molar-refractivity contribution in [3.05, 3.63) is 404 Å². The summed E-state index contributed by atoms with van der Waals surface area (Å²) in [6, 6.07) is 140. The molecule has 0 aliphatic heterocycles. The fraction of sp³-hybridized carbons (Fsp3) is 0.182. The Morgan fingerprint density at radius 2 is 0.243 bits per heavy atom. The van der Waals surface area contributed by atoms with E-state index in [1.807, 2.05) is 0 Å². The molecule has 5 heteroatoms. The molecular formula is C110H107N5. The molecule has 0 spiro atoms. The summed E-state index contributed by atoms with van der Waals surface area (Å²) in [4.78, 5) is 11.9. The molecule has 0 fully saturated rings. The van der Waals surface area contributed by atoms with E-state index in [4.69, 9.17) is 0 Å². The molecule has 0 radical (unpaired) electrons. The Bertz CT molecular complexity index is 5130. The van der Waals surface area contributed by atoms with Crippen molar-refractivity contribution >= 4 is 85.3 Å². The van der Waals surface area contributed by atoms with Gasteiger partial charge in [-0.1, -0.05) is 261 Å². The maximum absolute atomic E-state index is 2.39. The minimum absolute atomic E-state index is 1.07. The largest absolute Gasteiger partial charge is 0.311 e. The average molecular weight is 1500 g/mol. The maximum Gasteiger partial charge on any atom is 0.0462 e. The van der Waals surface area contributed by atoms with Crippen LogP contribution in [0, 0.1) is 0 Å². The maximum atomic E-state index is 2.39. The summed E-state index contributed by atoms with van der Waals surface area (Å²) in [6.07, 6.45) is 17.3. The highest BCUT2D eigenvalue weighted by atomic mass is 15.2. The molecule has 0 saturated carbocycles. The Kier molecular flexibility index (Phi) is 25.8. The van der Waals surface area contributed by atoms with Crippen LogP contribution in [0.25, 0.3) is 44.5 Å². The van der Waals surface area contributed by atoms with Gasteiger partial charge >= 0.3 is 0 Å². The molecule has 0 amide bonds. The van der Waals surface area contributed by atoms with Crippen LogP contribution in [-0.4, -0.2) is 0 Å². The van der Waals surface area contributed by atoms with Crippen molar-refractivity contribution in [3.8, 4) is 44.5 Å². The van der Waals surface area contributed by atoms with Gasteiger partial charge in [-0.05, 0) is 319 Å². The van der Waals surface area contributed by atoms with Crippen molar-refractivity contribution in [2.45, 2.75) is 131 Å². The molecule has 15 aromatic rings. The fourth-order valence-corrected chi connectivity index (χ4v) is 15.8. The first kappa shape index (κ1) is 77.6. The van der Waals surface area contributed by atoms with Crippen molar-refractivity contribution in [2.24, 2.45) is 0 Å². The van der Waals surface area contributed by atoms with Crippen LogP contribution in [0.1, 0.15) is 127 Å². The predicted molar refractivity (Wildman–Crippen MR) is 495 cm³/mol. The van der Waals surface area contributed by atoms with Crippen LogP contribution in [0.5, 0.6) is 0 Å². The highest BCUT2D eigenvalue weighted by molar-refractivity contribution is 5.86. The van der Waals surface area contributed by atoms with Crippen LogP contribution in [0.15, 0.2) is 376 Å². The monoisotopic (exact) mass is 1500 g/mol. The highest BCUT2D eigenvalue weighted by Crippen LogP contribution is 2.44. The lowest BCUT2D eigenvalue weighted by Crippen LogP contribution is -2.10. The van der Waals surface area contributed by atoms with E-state index < -0.39 is 0 Å². The standard InChI is InChI=1S/C110H107N5/c1-6-11-22-83-31-57-98(58-32-83)111(96-27-18-16-19-28-96)103-67-41-88(42-68-103)90-45-71-105(72-46-90)113(100-61-35-85(36-62-100)24-13-8-3)107-75-49-92(50-76-107)94-53-79-109(80-54-94)115(102-65-39-87(40-66-102)26-15-10-5)110-81-55-95(56-82-110)93-51-77-108(78-52-93)114(101-63-37-86(38-64-101)25-14-9-4)106-73-47-91(48-74-106)89-43-69-104(70-44-89)112(97-29-20-17-21-30-97)99-59-33-84(34-60-99)23-12-7-2/h16-21,27-82H,6-15,22-26H2,1-5H3. The van der Waals surface area contributed by atoms with E-state index in [-0.39, 0.29) is 0 Å². The van der Waals surface area contributed by atoms with E-state index >= 15 is 0 Å². The summed E-state index contributed by atoms with van der Waals surface area (Å²) in [5, 5.41) is 0. The number of nitrogens with zero attached hydrogens (tertiary/aromatic N) is 5. The summed E-state index contributed by atoms with van der Waals surface area (Å²) in [6.45, 7) is 11.3. The van der Waals surface area contributed by atoms with Gasteiger partial charge in [0.25, 0.3) is 0 Å². The molecule has 0 aliphatic rings. The van der Waals surface area contributed by atoms with Gasteiger partial charge in [-0.25, -0.2) is 0 Å². The van der Waals surface area contributed by atoms with Crippen molar-refractivity contribution in [2.75, 3.05) is 24.5 Å². The summed E-state index contributed by atoms with van der Waals surface area (Å²) in [5.41, 5.74) is 33.0. The molecule has 5 nitrogen and oxygen atoms in total. The van der Waals surface area contributed by atoms with E-state index in [0.29, 0.717) is 0 Å². The molecular weight excluding hydrogens is 1390 g/mol. The van der Waals surface area contributed by atoms with Crippen LogP contribution >= 0.6 is 0 Å². The normalized spacial score (nSPS) is 11.2. The minimum Gasteiger partial charge on any atom is -0.311 e. The number of unbranched alkanes of at least 4 members (excludes halogenated alkanes) is 5. The molecule has 0 N–H and O–H groups in total. The van der Waals surface area contributed by atoms with Crippen LogP contribution in [0.3, 0.4) is 0 Å². The molecule has 15 aromatic carbocycles. The topological polar surface area (TPSA) is 16.2 Å². The van der Waals surface area contributed by atoms with E-state index in [1.165, 1.54) is 114 Å². The molecule has 0 bridgehead atoms. The quantitative estimate of drug-likeness (QED) is 0.0398. The van der Waals surface area contributed by atoms with Gasteiger partial charge in [-0.15, -0.1) is 0 Å². The number of rotatable bonds is 34. The van der Waals surface area contributed by atoms with E-state index in [2.05, 4.69) is 435 Å². The van der Waals surface area contributed by atoms with Gasteiger partial charge in [0, 0.05) is 85.3 Å². The zero-order valence-electron chi connectivity index (χ0n) is 67.6. The van der Waals surface area contributed by atoms with Gasteiger partial charge in [0.2, 0.25) is 0 Å². The van der Waals surface area contributed by atoms with E-state index in [9.17, 15) is 0 Å². The van der Waals surface area contributed by atoms with Crippen molar-refractivity contribution in [3.63, 3.8) is 0 Å². The number of para-hydroxylation sites is 2. The Balaban J connectivity index is 0.670. The molecule has 0 aromatic heterocycles. The van der Waals surface area contributed by atoms with Gasteiger partial charge in [0.15, 0.2) is 0 Å². The Morgan fingerprint density at radius 3 is 0.365 bits per heavy atom. The molecule has 0 aliphatic carbocycles. The number of aryl methyl sites for hydroxylation is 5. The van der Waals surface area contributed by atoms with Gasteiger partial charge in [0.05, 0.1) is 0 Å². The SMILES string of the molecule is CCCCc1ccc(N(c2ccccc2)c2ccc(-c3ccc(N(c4ccc(CCCC)cc4)c4ccc(-c5ccc(N(c6ccc(CCCC)cc6)c6ccc(-c7ccc(N(c8ccc(CCCC)cc8)c8ccc(-c9ccc(N(c%10ccccc%10)c%10ccc(CCCC)cc%10)cc9)cc8)cc7)cc6)cc5)cc4)cc3)cc2)cc1. The van der Waals surface area contributed by atoms with E-state index in [1.54, 1.807) is 0 Å². The zero-order valence-corrected chi connectivity index (χ0v) is 67.6. The van der Waals surface area contributed by atoms with Crippen LogP contribution < -0.4 is 24.5 Å². The number of anilines is 15. The second-order valence-corrected chi connectivity index (χ2v) is 30.6. The smallest absolute Gasteiger partial charge is 0.0462 e. The second kappa shape index (κ2) is 38.2. The van der Waals surface area contributed by atoms with Gasteiger partial charge < -0.3 is 24.5 Å². The van der Waals surface area contributed by atoms with Crippen molar-refractivity contribution in [1.82, 2.24) is 0 Å². The summed E-state index contributed by atoms with van der Waals surface area (Å²) in [7, 11) is 0. The molecule has 0 saturated heterocycles. The van der Waals surface area contributed by atoms with Crippen LogP contribution in [0.2, 0.25) is 0 Å². The molecule has 572 valence electrons.